The maximum absolute atomic E-state index is 12.6. The average Bonchev–Trinajstić information content (AvgIpc) is 2.61. The van der Waals surface area contributed by atoms with Crippen LogP contribution in [0.5, 0.6) is 0 Å². The molecule has 1 saturated heterocycles. The molecule has 1 fully saturated rings. The highest BCUT2D eigenvalue weighted by Crippen LogP contribution is 2.23. The van der Waals surface area contributed by atoms with Crippen LogP contribution in [0, 0.1) is 5.92 Å². The molecule has 0 bridgehead atoms. The number of carbonyl (C=O) groups excluding carboxylic acids is 1. The Balaban J connectivity index is 1.78. The van der Waals surface area contributed by atoms with E-state index < -0.39 is 11.5 Å². The molecule has 2 rings (SSSR count). The highest BCUT2D eigenvalue weighted by Gasteiger charge is 2.30. The first-order chi connectivity index (χ1) is 12.3. The summed E-state index contributed by atoms with van der Waals surface area (Å²) in [6, 6.07) is 10.4. The molecule has 1 aromatic rings. The van der Waals surface area contributed by atoms with E-state index in [1.54, 1.807) is 0 Å². The lowest BCUT2D eigenvalue weighted by molar-refractivity contribution is -0.138. The van der Waals surface area contributed by atoms with Gasteiger partial charge in [0.1, 0.15) is 0 Å². The normalized spacial score (nSPS) is 17.7. The minimum absolute atomic E-state index is 0.0121. The van der Waals surface area contributed by atoms with Crippen molar-refractivity contribution in [2.24, 2.45) is 5.92 Å². The third-order valence-electron chi connectivity index (χ3n) is 5.37. The summed E-state index contributed by atoms with van der Waals surface area (Å²) in [4.78, 5) is 25.6. The van der Waals surface area contributed by atoms with E-state index in [9.17, 15) is 9.59 Å². The fraction of sp³-hybridized carbons (Fsp3) is 0.619. The molecular weight excluding hydrogens is 328 g/mol. The second-order valence-electron chi connectivity index (χ2n) is 8.11. The fourth-order valence-corrected chi connectivity index (χ4v) is 3.58. The van der Waals surface area contributed by atoms with E-state index >= 15 is 0 Å². The van der Waals surface area contributed by atoms with Crippen LogP contribution in [0.2, 0.25) is 0 Å². The summed E-state index contributed by atoms with van der Waals surface area (Å²) in [5, 5.41) is 11.8. The predicted molar refractivity (Wildman–Crippen MR) is 103 cm³/mol. The molecule has 26 heavy (non-hydrogen) atoms. The Morgan fingerprint density at radius 1 is 1.23 bits per heavy atom. The van der Waals surface area contributed by atoms with E-state index in [-0.39, 0.29) is 18.4 Å². The summed E-state index contributed by atoms with van der Waals surface area (Å²) in [5.41, 5.74) is 0.881. The molecule has 1 aliphatic heterocycles. The number of nitrogens with one attached hydrogen (secondary N) is 1. The number of aliphatic carboxylic acids is 1. The van der Waals surface area contributed by atoms with Crippen molar-refractivity contribution in [3.8, 4) is 0 Å². The van der Waals surface area contributed by atoms with Crippen LogP contribution in [-0.4, -0.2) is 46.6 Å². The van der Waals surface area contributed by atoms with Crippen LogP contribution in [0.15, 0.2) is 30.3 Å². The summed E-state index contributed by atoms with van der Waals surface area (Å²) in [6.45, 7) is 7.57. The average molecular weight is 360 g/mol. The van der Waals surface area contributed by atoms with Gasteiger partial charge in [-0.15, -0.1) is 0 Å². The lowest BCUT2D eigenvalue weighted by atomic mass is 9.89. The van der Waals surface area contributed by atoms with Crippen LogP contribution >= 0.6 is 0 Å². The van der Waals surface area contributed by atoms with Gasteiger partial charge < -0.3 is 10.4 Å². The number of piperidine rings is 1. The van der Waals surface area contributed by atoms with E-state index in [4.69, 9.17) is 5.11 Å². The van der Waals surface area contributed by atoms with Crippen molar-refractivity contribution in [2.75, 3.05) is 13.1 Å². The summed E-state index contributed by atoms with van der Waals surface area (Å²) >= 11 is 0. The number of hydrogen-bond donors (Lipinski definition) is 2. The Morgan fingerprint density at radius 3 is 2.42 bits per heavy atom. The van der Waals surface area contributed by atoms with Gasteiger partial charge in [-0.2, -0.15) is 0 Å². The molecule has 2 N–H and O–H groups in total. The molecule has 144 valence electrons. The third-order valence-corrected chi connectivity index (χ3v) is 5.37. The Bertz CT molecular complexity index is 593. The van der Waals surface area contributed by atoms with Crippen molar-refractivity contribution in [3.05, 3.63) is 35.9 Å². The lowest BCUT2D eigenvalue weighted by Crippen LogP contribution is -2.53. The van der Waals surface area contributed by atoms with Crippen LogP contribution in [0.25, 0.3) is 0 Å². The molecule has 0 saturated carbocycles. The van der Waals surface area contributed by atoms with Crippen molar-refractivity contribution in [1.82, 2.24) is 10.2 Å². The topological polar surface area (TPSA) is 69.6 Å². The lowest BCUT2D eigenvalue weighted by Gasteiger charge is -2.37. The summed E-state index contributed by atoms with van der Waals surface area (Å²) in [7, 11) is 0. The van der Waals surface area contributed by atoms with Crippen LogP contribution in [0.4, 0.5) is 0 Å². The van der Waals surface area contributed by atoms with Crippen LogP contribution < -0.4 is 5.32 Å². The van der Waals surface area contributed by atoms with E-state index in [0.717, 1.165) is 32.4 Å². The summed E-state index contributed by atoms with van der Waals surface area (Å²) < 4.78 is 0. The first-order valence-corrected chi connectivity index (χ1v) is 9.58. The number of carboxylic acids is 1. The standard InChI is InChI=1S/C21H32N2O3/c1-16(20(26)22-21(2,3)12-9-19(24)25)23-13-10-18(11-14-23)15-17-7-5-4-6-8-17/h4-8,16,18H,9-15H2,1-3H3,(H,22,26)(H,24,25). The van der Waals surface area contributed by atoms with E-state index in [2.05, 4.69) is 34.5 Å². The second kappa shape index (κ2) is 9.17. The van der Waals surface area contributed by atoms with Crippen LogP contribution in [-0.2, 0) is 16.0 Å². The fourth-order valence-electron chi connectivity index (χ4n) is 3.58. The SMILES string of the molecule is CC(C(=O)NC(C)(C)CCC(=O)O)N1CCC(Cc2ccccc2)CC1. The maximum atomic E-state index is 12.6. The number of likely N-dealkylation sites (tertiary alicyclic amines) is 1. The molecule has 1 unspecified atom stereocenters. The van der Waals surface area contributed by atoms with Crippen molar-refractivity contribution >= 4 is 11.9 Å². The van der Waals surface area contributed by atoms with Crippen molar-refractivity contribution in [3.63, 3.8) is 0 Å². The van der Waals surface area contributed by atoms with E-state index in [1.807, 2.05) is 26.8 Å². The summed E-state index contributed by atoms with van der Waals surface area (Å²) in [5.74, 6) is -0.168. The number of amides is 1. The molecule has 0 radical (unpaired) electrons. The monoisotopic (exact) mass is 360 g/mol. The quantitative estimate of drug-likeness (QED) is 0.747. The number of rotatable bonds is 8. The minimum atomic E-state index is -0.833. The molecule has 1 amide bonds. The van der Waals surface area contributed by atoms with Gasteiger partial charge in [0.05, 0.1) is 6.04 Å². The molecule has 1 heterocycles. The van der Waals surface area contributed by atoms with Gasteiger partial charge in [-0.05, 0) is 71.0 Å². The van der Waals surface area contributed by atoms with E-state index in [0.29, 0.717) is 12.3 Å². The van der Waals surface area contributed by atoms with Gasteiger partial charge in [0, 0.05) is 12.0 Å². The Hall–Kier alpha value is -1.88. The zero-order chi connectivity index (χ0) is 19.2. The van der Waals surface area contributed by atoms with Gasteiger partial charge in [0.2, 0.25) is 5.91 Å². The van der Waals surface area contributed by atoms with Crippen molar-refractivity contribution in [1.29, 1.82) is 0 Å². The van der Waals surface area contributed by atoms with Crippen molar-refractivity contribution < 1.29 is 14.7 Å². The number of carbonyl (C=O) groups is 2. The highest BCUT2D eigenvalue weighted by molar-refractivity contribution is 5.82. The maximum Gasteiger partial charge on any atom is 0.303 e. The molecule has 5 nitrogen and oxygen atoms in total. The number of carboxylic acid groups (broad SMARTS) is 1. The van der Waals surface area contributed by atoms with Gasteiger partial charge in [-0.3, -0.25) is 14.5 Å². The number of hydrogen-bond acceptors (Lipinski definition) is 3. The number of benzene rings is 1. The first kappa shape index (κ1) is 20.4. The zero-order valence-electron chi connectivity index (χ0n) is 16.2. The molecule has 0 aliphatic carbocycles. The Kier molecular flexibility index (Phi) is 7.21. The highest BCUT2D eigenvalue weighted by atomic mass is 16.4. The molecule has 0 aromatic heterocycles. The molecular formula is C21H32N2O3. The number of nitrogens with zero attached hydrogens (tertiary/aromatic N) is 1. The van der Waals surface area contributed by atoms with Crippen LogP contribution in [0.1, 0.15) is 52.0 Å². The van der Waals surface area contributed by atoms with Crippen molar-refractivity contribution in [2.45, 2.75) is 64.5 Å². The Labute approximate surface area is 156 Å². The molecule has 1 aromatic carbocycles. The van der Waals surface area contributed by atoms with Gasteiger partial charge in [0.25, 0.3) is 0 Å². The van der Waals surface area contributed by atoms with Crippen LogP contribution in [0.3, 0.4) is 0 Å². The smallest absolute Gasteiger partial charge is 0.303 e. The predicted octanol–water partition coefficient (Wildman–Crippen LogP) is 3.09. The van der Waals surface area contributed by atoms with Gasteiger partial charge in [0.15, 0.2) is 0 Å². The third kappa shape index (κ3) is 6.45. The molecule has 0 spiro atoms. The molecule has 1 atom stereocenters. The second-order valence-corrected chi connectivity index (χ2v) is 8.11. The van der Waals surface area contributed by atoms with Gasteiger partial charge in [-0.1, -0.05) is 30.3 Å². The molecule has 5 heteroatoms. The Morgan fingerprint density at radius 2 is 1.85 bits per heavy atom. The molecule has 1 aliphatic rings. The largest absolute Gasteiger partial charge is 0.481 e. The van der Waals surface area contributed by atoms with Gasteiger partial charge >= 0.3 is 5.97 Å². The first-order valence-electron chi connectivity index (χ1n) is 9.58. The van der Waals surface area contributed by atoms with E-state index in [1.165, 1.54) is 5.56 Å². The zero-order valence-corrected chi connectivity index (χ0v) is 16.2. The summed E-state index contributed by atoms with van der Waals surface area (Å²) in [6.07, 6.45) is 3.81. The minimum Gasteiger partial charge on any atom is -0.481 e. The van der Waals surface area contributed by atoms with Gasteiger partial charge in [-0.25, -0.2) is 0 Å².